The molecule has 0 aromatic rings. The molecule has 4 unspecified atom stereocenters. The van der Waals surface area contributed by atoms with Crippen molar-refractivity contribution in [2.45, 2.75) is 51.7 Å². The Morgan fingerprint density at radius 2 is 1.18 bits per heavy atom. The van der Waals surface area contributed by atoms with Crippen LogP contribution in [-0.2, 0) is 38.1 Å². The molecule has 0 spiro atoms. The summed E-state index contributed by atoms with van der Waals surface area (Å²) in [7, 11) is 0. The number of rotatable bonds is 10. The Morgan fingerprint density at radius 1 is 0.821 bits per heavy atom. The largest absolute Gasteiger partial charge is 0.459 e. The molecular weight excluding hydrogens is 368 g/mol. The first kappa shape index (κ1) is 23.4. The molecule has 1 rings (SSSR count). The molecule has 8 nitrogen and oxygen atoms in total. The number of carbonyl (C=O) groups is 4. The van der Waals surface area contributed by atoms with Crippen LogP contribution in [0.15, 0.2) is 25.3 Å². The molecule has 1 fully saturated rings. The molecular formula is C20H28O8. The van der Waals surface area contributed by atoms with Crippen molar-refractivity contribution in [3.05, 3.63) is 25.3 Å². The lowest BCUT2D eigenvalue weighted by atomic mass is 9.79. The van der Waals surface area contributed by atoms with Crippen molar-refractivity contribution in [1.29, 1.82) is 0 Å². The van der Waals surface area contributed by atoms with Gasteiger partial charge in [0.25, 0.3) is 0 Å². The fraction of sp³-hybridized carbons (Fsp3) is 0.600. The highest BCUT2D eigenvalue weighted by Gasteiger charge is 2.39. The van der Waals surface area contributed by atoms with E-state index in [1.165, 1.54) is 0 Å². The van der Waals surface area contributed by atoms with E-state index in [1.807, 2.05) is 0 Å². The number of carbonyl (C=O) groups excluding carboxylic acids is 4. The lowest BCUT2D eigenvalue weighted by molar-refractivity contribution is -0.172. The summed E-state index contributed by atoms with van der Waals surface area (Å²) in [6.45, 7) is 9.58. The van der Waals surface area contributed by atoms with E-state index in [2.05, 4.69) is 13.2 Å². The van der Waals surface area contributed by atoms with Crippen molar-refractivity contribution < 1.29 is 38.1 Å². The van der Waals surface area contributed by atoms with E-state index in [4.69, 9.17) is 18.9 Å². The standard InChI is InChI=1S/C20H28O8/c1-5-17(21)25-11-13(3)27-19(23)15-9-7-8-10-16(15)20(24)28-14(4)12-26-18(22)6-2/h5-6,13-16H,1-2,7-12H2,3-4H3. The summed E-state index contributed by atoms with van der Waals surface area (Å²) in [5, 5.41) is 0. The summed E-state index contributed by atoms with van der Waals surface area (Å²) in [5.74, 6) is -3.49. The molecule has 0 saturated heterocycles. The van der Waals surface area contributed by atoms with Crippen LogP contribution >= 0.6 is 0 Å². The van der Waals surface area contributed by atoms with Gasteiger partial charge in [0.15, 0.2) is 0 Å². The molecule has 0 amide bonds. The lowest BCUT2D eigenvalue weighted by Gasteiger charge is -2.30. The molecule has 4 atom stereocenters. The third kappa shape index (κ3) is 7.94. The maximum Gasteiger partial charge on any atom is 0.330 e. The third-order valence-corrected chi connectivity index (χ3v) is 4.26. The van der Waals surface area contributed by atoms with Crippen LogP contribution < -0.4 is 0 Å². The topological polar surface area (TPSA) is 105 Å². The van der Waals surface area contributed by atoms with E-state index in [9.17, 15) is 19.2 Å². The predicted octanol–water partition coefficient (Wildman–Crippen LogP) is 2.11. The van der Waals surface area contributed by atoms with Gasteiger partial charge in [-0.15, -0.1) is 0 Å². The molecule has 0 aromatic carbocycles. The van der Waals surface area contributed by atoms with Crippen LogP contribution in [0.4, 0.5) is 0 Å². The van der Waals surface area contributed by atoms with Crippen molar-refractivity contribution in [3.63, 3.8) is 0 Å². The normalized spacial score (nSPS) is 20.8. The molecule has 8 heteroatoms. The van der Waals surface area contributed by atoms with E-state index >= 15 is 0 Å². The fourth-order valence-corrected chi connectivity index (χ4v) is 2.85. The van der Waals surface area contributed by atoms with Crippen LogP contribution in [0.2, 0.25) is 0 Å². The zero-order valence-electron chi connectivity index (χ0n) is 16.4. The fourth-order valence-electron chi connectivity index (χ4n) is 2.85. The van der Waals surface area contributed by atoms with E-state index < -0.39 is 47.9 Å². The number of hydrogen-bond donors (Lipinski definition) is 0. The lowest BCUT2D eigenvalue weighted by Crippen LogP contribution is -2.38. The summed E-state index contributed by atoms with van der Waals surface area (Å²) < 4.78 is 20.3. The second kappa shape index (κ2) is 11.9. The first-order valence-electron chi connectivity index (χ1n) is 9.27. The smallest absolute Gasteiger partial charge is 0.330 e. The summed E-state index contributed by atoms with van der Waals surface area (Å²) in [4.78, 5) is 47.2. The second-order valence-corrected chi connectivity index (χ2v) is 6.66. The number of ether oxygens (including phenoxy) is 4. The van der Waals surface area contributed by atoms with Gasteiger partial charge in [0.05, 0.1) is 11.8 Å². The average molecular weight is 396 g/mol. The summed E-state index contributed by atoms with van der Waals surface area (Å²) in [6.07, 6.45) is 3.38. The van der Waals surface area contributed by atoms with E-state index in [-0.39, 0.29) is 13.2 Å². The minimum Gasteiger partial charge on any atom is -0.459 e. The van der Waals surface area contributed by atoms with Crippen molar-refractivity contribution >= 4 is 23.9 Å². The molecule has 0 aromatic heterocycles. The van der Waals surface area contributed by atoms with Gasteiger partial charge in [0, 0.05) is 12.2 Å². The minimum absolute atomic E-state index is 0.0931. The van der Waals surface area contributed by atoms with Gasteiger partial charge >= 0.3 is 23.9 Å². The Labute approximate surface area is 164 Å². The van der Waals surface area contributed by atoms with Crippen LogP contribution in [-0.4, -0.2) is 49.3 Å². The Bertz CT molecular complexity index is 545. The van der Waals surface area contributed by atoms with E-state index in [0.29, 0.717) is 12.8 Å². The Morgan fingerprint density at radius 3 is 1.50 bits per heavy atom. The maximum atomic E-state index is 12.5. The van der Waals surface area contributed by atoms with Crippen LogP contribution in [0.25, 0.3) is 0 Å². The minimum atomic E-state index is -0.646. The Balaban J connectivity index is 2.58. The van der Waals surface area contributed by atoms with Gasteiger partial charge in [-0.1, -0.05) is 26.0 Å². The first-order chi connectivity index (χ1) is 13.3. The van der Waals surface area contributed by atoms with Gasteiger partial charge in [-0.25, -0.2) is 9.59 Å². The molecule has 1 aliphatic rings. The predicted molar refractivity (Wildman–Crippen MR) is 98.9 cm³/mol. The molecule has 1 saturated carbocycles. The summed E-state index contributed by atoms with van der Waals surface area (Å²) in [5.41, 5.74) is 0. The molecule has 0 heterocycles. The number of hydrogen-bond acceptors (Lipinski definition) is 8. The Kier molecular flexibility index (Phi) is 9.98. The quantitative estimate of drug-likeness (QED) is 0.314. The van der Waals surface area contributed by atoms with Gasteiger partial charge in [-0.2, -0.15) is 0 Å². The molecule has 0 aliphatic heterocycles. The molecule has 28 heavy (non-hydrogen) atoms. The van der Waals surface area contributed by atoms with Crippen LogP contribution in [0, 0.1) is 11.8 Å². The van der Waals surface area contributed by atoms with Gasteiger partial charge in [0.1, 0.15) is 25.4 Å². The maximum absolute atomic E-state index is 12.5. The highest BCUT2D eigenvalue weighted by molar-refractivity contribution is 5.83. The highest BCUT2D eigenvalue weighted by Crippen LogP contribution is 2.32. The van der Waals surface area contributed by atoms with Gasteiger partial charge in [-0.3, -0.25) is 9.59 Å². The third-order valence-electron chi connectivity index (χ3n) is 4.26. The van der Waals surface area contributed by atoms with Crippen molar-refractivity contribution in [3.8, 4) is 0 Å². The van der Waals surface area contributed by atoms with Crippen molar-refractivity contribution in [2.24, 2.45) is 11.8 Å². The average Bonchev–Trinajstić information content (AvgIpc) is 2.69. The van der Waals surface area contributed by atoms with E-state index in [0.717, 1.165) is 25.0 Å². The molecule has 0 N–H and O–H groups in total. The highest BCUT2D eigenvalue weighted by atomic mass is 16.6. The number of esters is 4. The van der Waals surface area contributed by atoms with Crippen LogP contribution in [0.3, 0.4) is 0 Å². The monoisotopic (exact) mass is 396 g/mol. The zero-order chi connectivity index (χ0) is 21.1. The summed E-state index contributed by atoms with van der Waals surface area (Å²) in [6, 6.07) is 0. The second-order valence-electron chi connectivity index (χ2n) is 6.66. The van der Waals surface area contributed by atoms with Gasteiger partial charge in [-0.05, 0) is 26.7 Å². The van der Waals surface area contributed by atoms with Gasteiger partial charge in [0.2, 0.25) is 0 Å². The molecule has 0 bridgehead atoms. The SMILES string of the molecule is C=CC(=O)OCC(C)OC(=O)C1CCCCC1C(=O)OC(C)COC(=O)C=C. The van der Waals surface area contributed by atoms with Crippen LogP contribution in [0.5, 0.6) is 0 Å². The molecule has 1 aliphatic carbocycles. The first-order valence-corrected chi connectivity index (χ1v) is 9.27. The van der Waals surface area contributed by atoms with Gasteiger partial charge < -0.3 is 18.9 Å². The van der Waals surface area contributed by atoms with E-state index in [1.54, 1.807) is 13.8 Å². The molecule has 156 valence electrons. The zero-order valence-corrected chi connectivity index (χ0v) is 16.4. The van der Waals surface area contributed by atoms with Crippen molar-refractivity contribution in [1.82, 2.24) is 0 Å². The molecule has 0 radical (unpaired) electrons. The Hall–Kier alpha value is -2.64. The van der Waals surface area contributed by atoms with Crippen molar-refractivity contribution in [2.75, 3.05) is 13.2 Å². The van der Waals surface area contributed by atoms with Crippen LogP contribution in [0.1, 0.15) is 39.5 Å². The summed E-state index contributed by atoms with van der Waals surface area (Å²) >= 11 is 0.